The highest BCUT2D eigenvalue weighted by molar-refractivity contribution is 9.10. The van der Waals surface area contributed by atoms with Crippen LogP contribution in [0.3, 0.4) is 0 Å². The van der Waals surface area contributed by atoms with E-state index in [9.17, 15) is 9.90 Å². The molecule has 0 saturated heterocycles. The van der Waals surface area contributed by atoms with Gasteiger partial charge in [0.05, 0.1) is 10.7 Å². The van der Waals surface area contributed by atoms with E-state index in [1.54, 1.807) is 10.8 Å². The molecule has 1 aromatic heterocycles. The highest BCUT2D eigenvalue weighted by Gasteiger charge is 2.16. The van der Waals surface area contributed by atoms with Crippen LogP contribution in [0.1, 0.15) is 21.6 Å². The summed E-state index contributed by atoms with van der Waals surface area (Å²) in [6.07, 6.45) is 1.62. The summed E-state index contributed by atoms with van der Waals surface area (Å²) in [5.41, 5.74) is 2.98. The van der Waals surface area contributed by atoms with Crippen LogP contribution in [-0.2, 0) is 0 Å². The second-order valence-corrected chi connectivity index (χ2v) is 5.46. The fourth-order valence-corrected chi connectivity index (χ4v) is 2.95. The highest BCUT2D eigenvalue weighted by atomic mass is 79.9. The minimum Gasteiger partial charge on any atom is -0.477 e. The molecule has 0 fully saturated rings. The molecule has 0 aliphatic carbocycles. The van der Waals surface area contributed by atoms with Gasteiger partial charge in [-0.3, -0.25) is 0 Å². The van der Waals surface area contributed by atoms with Gasteiger partial charge in [0.15, 0.2) is 0 Å². The van der Waals surface area contributed by atoms with Crippen LogP contribution in [0.15, 0.2) is 28.9 Å². The maximum absolute atomic E-state index is 11.2. The number of aromatic nitrogens is 1. The van der Waals surface area contributed by atoms with Gasteiger partial charge >= 0.3 is 5.97 Å². The molecular weight excluding hydrogens is 318 g/mol. The van der Waals surface area contributed by atoms with Crippen LogP contribution in [0.4, 0.5) is 0 Å². The van der Waals surface area contributed by atoms with E-state index in [-0.39, 0.29) is 5.69 Å². The molecule has 3 nitrogen and oxygen atoms in total. The number of nitrogens with zero attached hydrogens (tertiary/aromatic N) is 1. The molecule has 0 aliphatic rings. The Morgan fingerprint density at radius 1 is 1.28 bits per heavy atom. The number of carboxylic acids is 1. The Morgan fingerprint density at radius 2 is 1.83 bits per heavy atom. The largest absolute Gasteiger partial charge is 0.477 e. The van der Waals surface area contributed by atoms with Crippen molar-refractivity contribution in [2.24, 2.45) is 0 Å². The van der Waals surface area contributed by atoms with Gasteiger partial charge in [0, 0.05) is 10.7 Å². The van der Waals surface area contributed by atoms with E-state index in [1.807, 2.05) is 26.0 Å². The van der Waals surface area contributed by atoms with Gasteiger partial charge in [0.2, 0.25) is 0 Å². The van der Waals surface area contributed by atoms with Crippen molar-refractivity contribution in [3.8, 4) is 5.69 Å². The molecule has 2 aromatic rings. The van der Waals surface area contributed by atoms with E-state index >= 15 is 0 Å². The van der Waals surface area contributed by atoms with Crippen LogP contribution in [0.2, 0.25) is 5.02 Å². The van der Waals surface area contributed by atoms with Gasteiger partial charge in [-0.25, -0.2) is 4.79 Å². The van der Waals surface area contributed by atoms with E-state index in [4.69, 9.17) is 11.6 Å². The van der Waals surface area contributed by atoms with Gasteiger partial charge in [-0.1, -0.05) is 27.5 Å². The molecular formula is C13H11BrClNO2. The predicted octanol–water partition coefficient (Wildman–Crippen LogP) is 4.21. The topological polar surface area (TPSA) is 42.2 Å². The number of aromatic carboxylic acids is 1. The number of hydrogen-bond donors (Lipinski definition) is 1. The molecule has 0 atom stereocenters. The zero-order valence-electron chi connectivity index (χ0n) is 9.87. The standard InChI is InChI=1S/C13H11BrClNO2/c1-7-3-9(14)4-8(2)12(7)16-6-10(15)5-11(16)13(17)18/h3-6H,1-2H3,(H,17,18). The third kappa shape index (κ3) is 2.31. The number of benzene rings is 1. The fourth-order valence-electron chi connectivity index (χ4n) is 2.06. The molecule has 0 unspecified atom stereocenters. The summed E-state index contributed by atoms with van der Waals surface area (Å²) < 4.78 is 2.58. The van der Waals surface area contributed by atoms with Gasteiger partial charge in [0.1, 0.15) is 5.69 Å². The number of carbonyl (C=O) groups is 1. The summed E-state index contributed by atoms with van der Waals surface area (Å²) >= 11 is 9.32. The Balaban J connectivity index is 2.73. The summed E-state index contributed by atoms with van der Waals surface area (Å²) in [6.45, 7) is 3.87. The van der Waals surface area contributed by atoms with E-state index < -0.39 is 5.97 Å². The number of halogens is 2. The van der Waals surface area contributed by atoms with Gasteiger partial charge < -0.3 is 9.67 Å². The Bertz CT molecular complexity index is 611. The molecule has 1 heterocycles. The minimum atomic E-state index is -0.997. The lowest BCUT2D eigenvalue weighted by Gasteiger charge is -2.13. The van der Waals surface area contributed by atoms with Crippen LogP contribution >= 0.6 is 27.5 Å². The maximum atomic E-state index is 11.2. The number of carboxylic acid groups (broad SMARTS) is 1. The summed E-state index contributed by atoms with van der Waals surface area (Å²) in [6, 6.07) is 5.34. The number of hydrogen-bond acceptors (Lipinski definition) is 1. The molecule has 2 rings (SSSR count). The minimum absolute atomic E-state index is 0.161. The summed E-state index contributed by atoms with van der Waals surface area (Å²) in [5.74, 6) is -0.997. The predicted molar refractivity (Wildman–Crippen MR) is 74.9 cm³/mol. The molecule has 5 heteroatoms. The first-order chi connectivity index (χ1) is 8.40. The van der Waals surface area contributed by atoms with Crippen molar-refractivity contribution in [2.75, 3.05) is 0 Å². The van der Waals surface area contributed by atoms with Crippen molar-refractivity contribution < 1.29 is 9.90 Å². The van der Waals surface area contributed by atoms with Crippen molar-refractivity contribution in [1.29, 1.82) is 0 Å². The smallest absolute Gasteiger partial charge is 0.352 e. The van der Waals surface area contributed by atoms with Gasteiger partial charge in [0.25, 0.3) is 0 Å². The molecule has 1 N–H and O–H groups in total. The average Bonchev–Trinajstić information content (AvgIpc) is 2.58. The van der Waals surface area contributed by atoms with Crippen LogP contribution in [-0.4, -0.2) is 15.6 Å². The number of rotatable bonds is 2. The SMILES string of the molecule is Cc1cc(Br)cc(C)c1-n1cc(Cl)cc1C(=O)O. The molecule has 0 radical (unpaired) electrons. The van der Waals surface area contributed by atoms with Crippen molar-refractivity contribution >= 4 is 33.5 Å². The Kier molecular flexibility index (Phi) is 3.50. The van der Waals surface area contributed by atoms with Gasteiger partial charge in [-0.15, -0.1) is 0 Å². The Morgan fingerprint density at radius 3 is 2.33 bits per heavy atom. The summed E-state index contributed by atoms with van der Waals surface area (Å²) in [5, 5.41) is 9.60. The normalized spacial score (nSPS) is 10.7. The molecule has 0 bridgehead atoms. The second-order valence-electron chi connectivity index (χ2n) is 4.11. The molecule has 1 aromatic carbocycles. The molecule has 0 aliphatic heterocycles. The summed E-state index contributed by atoms with van der Waals surface area (Å²) in [7, 11) is 0. The molecule has 94 valence electrons. The molecule has 0 amide bonds. The molecule has 0 spiro atoms. The number of aryl methyl sites for hydroxylation is 2. The van der Waals surface area contributed by atoms with Gasteiger partial charge in [-0.2, -0.15) is 0 Å². The maximum Gasteiger partial charge on any atom is 0.352 e. The summed E-state index contributed by atoms with van der Waals surface area (Å²) in [4.78, 5) is 11.2. The van der Waals surface area contributed by atoms with E-state index in [0.29, 0.717) is 5.02 Å². The van der Waals surface area contributed by atoms with Crippen LogP contribution < -0.4 is 0 Å². The third-order valence-corrected chi connectivity index (χ3v) is 3.37. The quantitative estimate of drug-likeness (QED) is 0.897. The van der Waals surface area contributed by atoms with Crippen molar-refractivity contribution in [3.05, 3.63) is 50.7 Å². The first-order valence-corrected chi connectivity index (χ1v) is 6.45. The average molecular weight is 329 g/mol. The van der Waals surface area contributed by atoms with E-state index in [2.05, 4.69) is 15.9 Å². The highest BCUT2D eigenvalue weighted by Crippen LogP contribution is 2.27. The van der Waals surface area contributed by atoms with Crippen LogP contribution in [0, 0.1) is 13.8 Å². The Hall–Kier alpha value is -1.26. The van der Waals surface area contributed by atoms with Crippen LogP contribution in [0.5, 0.6) is 0 Å². The first-order valence-electron chi connectivity index (χ1n) is 5.28. The van der Waals surface area contributed by atoms with Crippen molar-refractivity contribution in [2.45, 2.75) is 13.8 Å². The van der Waals surface area contributed by atoms with Crippen LogP contribution in [0.25, 0.3) is 5.69 Å². The Labute approximate surface area is 118 Å². The van der Waals surface area contributed by atoms with Crippen molar-refractivity contribution in [3.63, 3.8) is 0 Å². The van der Waals surface area contributed by atoms with E-state index in [1.165, 1.54) is 6.07 Å². The zero-order valence-corrected chi connectivity index (χ0v) is 12.2. The van der Waals surface area contributed by atoms with Gasteiger partial charge in [-0.05, 0) is 43.2 Å². The second kappa shape index (κ2) is 4.78. The first kappa shape index (κ1) is 13.2. The van der Waals surface area contributed by atoms with E-state index in [0.717, 1.165) is 21.3 Å². The monoisotopic (exact) mass is 327 g/mol. The third-order valence-electron chi connectivity index (χ3n) is 2.70. The zero-order chi connectivity index (χ0) is 13.4. The lowest BCUT2D eigenvalue weighted by molar-refractivity contribution is 0.0688. The lowest BCUT2D eigenvalue weighted by Crippen LogP contribution is -2.08. The molecule has 18 heavy (non-hydrogen) atoms. The fraction of sp³-hybridized carbons (Fsp3) is 0.154. The molecule has 0 saturated carbocycles. The lowest BCUT2D eigenvalue weighted by atomic mass is 10.1. The van der Waals surface area contributed by atoms with Crippen molar-refractivity contribution in [1.82, 2.24) is 4.57 Å².